The van der Waals surface area contributed by atoms with Crippen molar-refractivity contribution in [3.8, 4) is 11.5 Å². The van der Waals surface area contributed by atoms with Gasteiger partial charge < -0.3 is 19.7 Å². The smallest absolute Gasteiger partial charge is 0.244 e. The Balaban J connectivity index is 2.41. The number of carbonyl (C=O) groups is 2. The maximum Gasteiger partial charge on any atom is 0.244 e. The first-order valence-electron chi connectivity index (χ1n) is 10.9. The van der Waals surface area contributed by atoms with E-state index in [0.29, 0.717) is 11.5 Å². The molecule has 0 aliphatic carbocycles. The van der Waals surface area contributed by atoms with Crippen molar-refractivity contribution in [3.63, 3.8) is 0 Å². The number of methoxy groups -OCH3 is 2. The number of carbonyl (C=O) groups excluding carboxylic acids is 2. The molecule has 0 aromatic heterocycles. The lowest BCUT2D eigenvalue weighted by Gasteiger charge is -2.32. The van der Waals surface area contributed by atoms with Gasteiger partial charge in [-0.15, -0.1) is 0 Å². The monoisotopic (exact) mass is 525 g/mol. The van der Waals surface area contributed by atoms with Gasteiger partial charge in [0.15, 0.2) is 0 Å². The van der Waals surface area contributed by atoms with Gasteiger partial charge in [-0.25, -0.2) is 8.42 Å². The maximum atomic E-state index is 13.5. The normalized spacial score (nSPS) is 12.1. The van der Waals surface area contributed by atoms with E-state index in [-0.39, 0.29) is 29.2 Å². The number of ether oxygens (including phenoxy) is 2. The van der Waals surface area contributed by atoms with Crippen molar-refractivity contribution < 1.29 is 27.5 Å². The van der Waals surface area contributed by atoms with Crippen LogP contribution in [-0.2, 0) is 26.2 Å². The lowest BCUT2D eigenvalue weighted by Crippen LogP contribution is -2.52. The number of hydrogen-bond acceptors (Lipinski definition) is 6. The first-order valence-corrected chi connectivity index (χ1v) is 13.1. The molecular weight excluding hydrogens is 494 g/mol. The van der Waals surface area contributed by atoms with Gasteiger partial charge in [0.2, 0.25) is 21.8 Å². The molecule has 192 valence electrons. The first kappa shape index (κ1) is 28.3. The summed E-state index contributed by atoms with van der Waals surface area (Å²) < 4.78 is 36.5. The van der Waals surface area contributed by atoms with Gasteiger partial charge in [-0.05, 0) is 56.7 Å². The third kappa shape index (κ3) is 7.76. The van der Waals surface area contributed by atoms with E-state index < -0.39 is 28.5 Å². The largest absolute Gasteiger partial charge is 0.497 e. The summed E-state index contributed by atoms with van der Waals surface area (Å²) in [7, 11) is -0.867. The van der Waals surface area contributed by atoms with Gasteiger partial charge >= 0.3 is 0 Å². The van der Waals surface area contributed by atoms with Crippen molar-refractivity contribution in [2.75, 3.05) is 31.3 Å². The minimum atomic E-state index is -3.86. The van der Waals surface area contributed by atoms with E-state index in [4.69, 9.17) is 21.1 Å². The summed E-state index contributed by atoms with van der Waals surface area (Å²) in [4.78, 5) is 27.6. The van der Waals surface area contributed by atoms with Gasteiger partial charge in [0.05, 0.1) is 31.2 Å². The van der Waals surface area contributed by atoms with Crippen molar-refractivity contribution >= 4 is 39.1 Å². The predicted molar refractivity (Wildman–Crippen MR) is 136 cm³/mol. The zero-order chi connectivity index (χ0) is 26.3. The summed E-state index contributed by atoms with van der Waals surface area (Å²) in [5.41, 5.74) is 0.956. The topological polar surface area (TPSA) is 105 Å². The minimum absolute atomic E-state index is 0.0937. The molecule has 1 unspecified atom stereocenters. The van der Waals surface area contributed by atoms with Crippen LogP contribution in [0.1, 0.15) is 26.3 Å². The fourth-order valence-corrected chi connectivity index (χ4v) is 4.43. The molecule has 35 heavy (non-hydrogen) atoms. The maximum absolute atomic E-state index is 13.5. The van der Waals surface area contributed by atoms with Gasteiger partial charge in [-0.1, -0.05) is 23.7 Å². The van der Waals surface area contributed by atoms with Crippen LogP contribution in [0, 0.1) is 0 Å². The Morgan fingerprint density at radius 3 is 2.14 bits per heavy atom. The Labute approximate surface area is 212 Å². The number of benzene rings is 2. The lowest BCUT2D eigenvalue weighted by molar-refractivity contribution is -0.139. The second-order valence-electron chi connectivity index (χ2n) is 8.30. The molecule has 9 nitrogen and oxygen atoms in total. The van der Waals surface area contributed by atoms with Crippen molar-refractivity contribution in [2.24, 2.45) is 0 Å². The highest BCUT2D eigenvalue weighted by Crippen LogP contribution is 2.30. The molecule has 0 bridgehead atoms. The average Bonchev–Trinajstić information content (AvgIpc) is 2.79. The van der Waals surface area contributed by atoms with Gasteiger partial charge in [-0.3, -0.25) is 13.9 Å². The predicted octanol–water partition coefficient (Wildman–Crippen LogP) is 3.07. The van der Waals surface area contributed by atoms with Crippen LogP contribution in [0.3, 0.4) is 0 Å². The van der Waals surface area contributed by atoms with Crippen LogP contribution in [0.4, 0.5) is 5.69 Å². The summed E-state index contributed by atoms with van der Waals surface area (Å²) >= 11 is 6.19. The molecule has 1 N–H and O–H groups in total. The van der Waals surface area contributed by atoms with Gasteiger partial charge in [0.1, 0.15) is 24.1 Å². The number of nitrogens with one attached hydrogen (secondary N) is 1. The molecule has 2 rings (SSSR count). The fraction of sp³-hybridized carbons (Fsp3) is 0.417. The molecule has 0 radical (unpaired) electrons. The summed E-state index contributed by atoms with van der Waals surface area (Å²) in [5.74, 6) is 0.122. The van der Waals surface area contributed by atoms with E-state index >= 15 is 0 Å². The van der Waals surface area contributed by atoms with Crippen molar-refractivity contribution in [1.82, 2.24) is 10.2 Å². The minimum Gasteiger partial charge on any atom is -0.497 e. The summed E-state index contributed by atoms with van der Waals surface area (Å²) in [6.45, 7) is 4.82. The Hall–Kier alpha value is -2.98. The molecular formula is C24H32ClN3O6S. The van der Waals surface area contributed by atoms with E-state index in [1.165, 1.54) is 30.2 Å². The number of anilines is 1. The zero-order valence-corrected chi connectivity index (χ0v) is 22.3. The Kier molecular flexibility index (Phi) is 9.79. The van der Waals surface area contributed by atoms with Crippen LogP contribution in [0.25, 0.3) is 0 Å². The van der Waals surface area contributed by atoms with Crippen LogP contribution in [0.5, 0.6) is 11.5 Å². The van der Waals surface area contributed by atoms with Crippen LogP contribution in [-0.4, -0.2) is 64.2 Å². The number of halogens is 1. The second kappa shape index (κ2) is 12.1. The van der Waals surface area contributed by atoms with Gasteiger partial charge in [0.25, 0.3) is 0 Å². The zero-order valence-electron chi connectivity index (χ0n) is 20.7. The molecule has 2 aromatic carbocycles. The van der Waals surface area contributed by atoms with Gasteiger partial charge in [-0.2, -0.15) is 0 Å². The van der Waals surface area contributed by atoms with Crippen molar-refractivity contribution in [2.45, 2.75) is 39.4 Å². The highest BCUT2D eigenvalue weighted by atomic mass is 35.5. The van der Waals surface area contributed by atoms with E-state index in [0.717, 1.165) is 16.1 Å². The molecule has 0 saturated carbocycles. The van der Waals surface area contributed by atoms with E-state index in [1.54, 1.807) is 38.3 Å². The second-order valence-corrected chi connectivity index (χ2v) is 10.6. The molecule has 2 aromatic rings. The number of sulfonamides is 1. The third-order valence-corrected chi connectivity index (χ3v) is 6.65. The SMILES string of the molecule is COc1ccc(CN(C(=O)CN(c2ccc(OC)c(Cl)c2)S(C)(=O)=O)C(C)C(=O)NC(C)C)cc1. The molecule has 1 atom stereocenters. The van der Waals surface area contributed by atoms with Gasteiger partial charge in [0, 0.05) is 12.6 Å². The van der Waals surface area contributed by atoms with E-state index in [2.05, 4.69) is 5.32 Å². The summed E-state index contributed by atoms with van der Waals surface area (Å²) in [6.07, 6.45) is 1.00. The Morgan fingerprint density at radius 1 is 1.03 bits per heavy atom. The van der Waals surface area contributed by atoms with E-state index in [9.17, 15) is 18.0 Å². The molecule has 0 heterocycles. The Bertz CT molecular complexity index is 1140. The van der Waals surface area contributed by atoms with Crippen molar-refractivity contribution in [3.05, 3.63) is 53.1 Å². The third-order valence-electron chi connectivity index (χ3n) is 5.21. The fourth-order valence-electron chi connectivity index (χ4n) is 3.34. The van der Waals surface area contributed by atoms with Crippen molar-refractivity contribution in [1.29, 1.82) is 0 Å². The van der Waals surface area contributed by atoms with Crippen LogP contribution < -0.4 is 19.1 Å². The first-order chi connectivity index (χ1) is 16.4. The van der Waals surface area contributed by atoms with Crippen LogP contribution in [0.15, 0.2) is 42.5 Å². The molecule has 0 spiro atoms. The van der Waals surface area contributed by atoms with E-state index in [1.807, 2.05) is 13.8 Å². The molecule has 0 aliphatic heterocycles. The quantitative estimate of drug-likeness (QED) is 0.483. The highest BCUT2D eigenvalue weighted by Gasteiger charge is 2.30. The average molecular weight is 526 g/mol. The molecule has 0 aliphatic rings. The van der Waals surface area contributed by atoms with Crippen LogP contribution in [0.2, 0.25) is 5.02 Å². The molecule has 11 heteroatoms. The lowest BCUT2D eigenvalue weighted by atomic mass is 10.1. The number of hydrogen-bond donors (Lipinski definition) is 1. The number of amides is 2. The standard InChI is InChI=1S/C24H32ClN3O6S/c1-16(2)26-24(30)17(3)27(14-18-7-10-20(33-4)11-8-18)23(29)15-28(35(6,31)32)19-9-12-22(34-5)21(25)13-19/h7-13,16-17H,14-15H2,1-6H3,(H,26,30). The highest BCUT2D eigenvalue weighted by molar-refractivity contribution is 7.92. The van der Waals surface area contributed by atoms with Crippen LogP contribution >= 0.6 is 11.6 Å². The number of nitrogens with zero attached hydrogens (tertiary/aromatic N) is 2. The Morgan fingerprint density at radius 2 is 1.66 bits per heavy atom. The summed E-state index contributed by atoms with van der Waals surface area (Å²) in [6, 6.07) is 10.5. The number of rotatable bonds is 11. The molecule has 0 saturated heterocycles. The molecule has 0 fully saturated rings. The summed E-state index contributed by atoms with van der Waals surface area (Å²) in [5, 5.41) is 3.00. The molecule has 2 amide bonds.